The fourth-order valence-electron chi connectivity index (χ4n) is 2.56. The second kappa shape index (κ2) is 10.1. The molecule has 3 aromatic rings. The molecule has 1 aromatic carbocycles. The van der Waals surface area contributed by atoms with Gasteiger partial charge >= 0.3 is 5.97 Å². The fourth-order valence-corrected chi connectivity index (χ4v) is 2.93. The number of pyridine rings is 1. The zero-order valence-electron chi connectivity index (χ0n) is 16.2. The number of carbonyl (C=O) groups is 2. The maximum Gasteiger partial charge on any atom is 0.343 e. The van der Waals surface area contributed by atoms with Crippen LogP contribution in [0.5, 0.6) is 0 Å². The molecule has 0 fully saturated rings. The first-order chi connectivity index (χ1) is 14.9. The van der Waals surface area contributed by atoms with Crippen LogP contribution in [0, 0.1) is 5.82 Å². The van der Waals surface area contributed by atoms with E-state index < -0.39 is 38.9 Å². The van der Waals surface area contributed by atoms with E-state index in [2.05, 4.69) is 20.6 Å². The highest BCUT2D eigenvalue weighted by Gasteiger charge is 2.28. The highest BCUT2D eigenvalue weighted by atomic mass is 35.5. The van der Waals surface area contributed by atoms with E-state index in [1.165, 1.54) is 0 Å². The predicted molar refractivity (Wildman–Crippen MR) is 112 cm³/mol. The maximum absolute atomic E-state index is 14.4. The Kier molecular flexibility index (Phi) is 7.32. The molecule has 2 heterocycles. The fraction of sp³-hybridized carbons (Fsp3) is 0.150. The standard InChI is InChI=1S/C20H16Cl2FN5O3/c1-2-31-20(30)14(18(29)16-17(23)15(21)10-25-19(16)22)9-24-13-5-3-12(4-6-13)11-28-8-7-26-27-28/h3-10,24H,2,11H2,1H3. The number of anilines is 1. The number of halogens is 3. The van der Waals surface area contributed by atoms with Gasteiger partial charge < -0.3 is 10.1 Å². The summed E-state index contributed by atoms with van der Waals surface area (Å²) in [5.74, 6) is -3.02. The summed E-state index contributed by atoms with van der Waals surface area (Å²) in [5.41, 5.74) is 0.463. The van der Waals surface area contributed by atoms with E-state index in [-0.39, 0.29) is 6.61 Å². The molecule has 0 aliphatic rings. The number of esters is 1. The van der Waals surface area contributed by atoms with Crippen molar-refractivity contribution >= 4 is 40.6 Å². The van der Waals surface area contributed by atoms with Gasteiger partial charge in [-0.05, 0) is 24.6 Å². The van der Waals surface area contributed by atoms with Crippen molar-refractivity contribution in [3.63, 3.8) is 0 Å². The van der Waals surface area contributed by atoms with Crippen LogP contribution in [0.15, 0.2) is 54.6 Å². The van der Waals surface area contributed by atoms with Crippen LogP contribution in [-0.4, -0.2) is 38.3 Å². The zero-order chi connectivity index (χ0) is 22.4. The molecule has 3 rings (SSSR count). The van der Waals surface area contributed by atoms with E-state index in [1.54, 1.807) is 36.1 Å². The van der Waals surface area contributed by atoms with Gasteiger partial charge in [-0.15, -0.1) is 5.10 Å². The topological polar surface area (TPSA) is 99.0 Å². The Morgan fingerprint density at radius 3 is 2.65 bits per heavy atom. The van der Waals surface area contributed by atoms with Crippen molar-refractivity contribution in [3.8, 4) is 0 Å². The number of nitrogens with zero attached hydrogens (tertiary/aromatic N) is 4. The number of carbonyl (C=O) groups excluding carboxylic acids is 2. The van der Waals surface area contributed by atoms with Gasteiger partial charge in [-0.2, -0.15) is 0 Å². The molecule has 0 radical (unpaired) electrons. The predicted octanol–water partition coefficient (Wildman–Crippen LogP) is 3.91. The lowest BCUT2D eigenvalue weighted by atomic mass is 10.1. The molecule has 0 saturated carbocycles. The third kappa shape index (κ3) is 5.44. The molecule has 0 spiro atoms. The molecular weight excluding hydrogens is 448 g/mol. The van der Waals surface area contributed by atoms with Gasteiger partial charge in [0.15, 0.2) is 5.82 Å². The highest BCUT2D eigenvalue weighted by molar-refractivity contribution is 6.37. The number of hydrogen-bond acceptors (Lipinski definition) is 7. The minimum Gasteiger partial charge on any atom is -0.462 e. The Morgan fingerprint density at radius 2 is 2.00 bits per heavy atom. The number of rotatable bonds is 8. The van der Waals surface area contributed by atoms with Crippen LogP contribution in [0.3, 0.4) is 0 Å². The minimum atomic E-state index is -1.07. The first kappa shape index (κ1) is 22.4. The van der Waals surface area contributed by atoms with E-state index >= 15 is 0 Å². The number of nitrogens with one attached hydrogen (secondary N) is 1. The maximum atomic E-state index is 14.4. The van der Waals surface area contributed by atoms with E-state index in [1.807, 2.05) is 12.1 Å². The second-order valence-corrected chi connectivity index (χ2v) is 6.90. The van der Waals surface area contributed by atoms with Crippen LogP contribution in [0.2, 0.25) is 10.2 Å². The van der Waals surface area contributed by atoms with Crippen molar-refractivity contribution < 1.29 is 18.7 Å². The second-order valence-electron chi connectivity index (χ2n) is 6.14. The molecule has 0 bridgehead atoms. The van der Waals surface area contributed by atoms with Crippen LogP contribution >= 0.6 is 23.2 Å². The van der Waals surface area contributed by atoms with Crippen LogP contribution in [0.25, 0.3) is 0 Å². The number of ether oxygens (including phenoxy) is 1. The van der Waals surface area contributed by atoms with Crippen molar-refractivity contribution in [2.75, 3.05) is 11.9 Å². The molecule has 0 amide bonds. The van der Waals surface area contributed by atoms with E-state index in [0.717, 1.165) is 18.0 Å². The number of benzene rings is 1. The lowest BCUT2D eigenvalue weighted by molar-refractivity contribution is -0.138. The van der Waals surface area contributed by atoms with Crippen molar-refractivity contribution in [2.24, 2.45) is 0 Å². The van der Waals surface area contributed by atoms with Gasteiger partial charge in [0, 0.05) is 18.1 Å². The van der Waals surface area contributed by atoms with Crippen LogP contribution in [0.1, 0.15) is 22.8 Å². The Hall–Kier alpha value is -3.30. The molecule has 31 heavy (non-hydrogen) atoms. The number of hydrogen-bond donors (Lipinski definition) is 1. The van der Waals surface area contributed by atoms with Gasteiger partial charge in [-0.3, -0.25) is 4.79 Å². The van der Waals surface area contributed by atoms with E-state index in [0.29, 0.717) is 12.2 Å². The average molecular weight is 464 g/mol. The highest BCUT2D eigenvalue weighted by Crippen LogP contribution is 2.26. The smallest absolute Gasteiger partial charge is 0.343 e. The van der Waals surface area contributed by atoms with Crippen LogP contribution in [0.4, 0.5) is 10.1 Å². The largest absolute Gasteiger partial charge is 0.462 e. The van der Waals surface area contributed by atoms with Gasteiger partial charge in [0.05, 0.1) is 36.1 Å². The van der Waals surface area contributed by atoms with Gasteiger partial charge in [-0.1, -0.05) is 40.5 Å². The summed E-state index contributed by atoms with van der Waals surface area (Å²) in [5, 5.41) is 9.66. The van der Waals surface area contributed by atoms with Gasteiger partial charge in [0.2, 0.25) is 5.78 Å². The molecule has 160 valence electrons. The third-order valence-corrected chi connectivity index (χ3v) is 4.60. The van der Waals surface area contributed by atoms with E-state index in [9.17, 15) is 14.0 Å². The first-order valence-electron chi connectivity index (χ1n) is 9.01. The lowest BCUT2D eigenvalue weighted by Gasteiger charge is -2.10. The molecule has 1 N–H and O–H groups in total. The average Bonchev–Trinajstić information content (AvgIpc) is 3.26. The molecule has 0 saturated heterocycles. The van der Waals surface area contributed by atoms with Crippen molar-refractivity contribution in [3.05, 3.63) is 81.7 Å². The van der Waals surface area contributed by atoms with Gasteiger partial charge in [0.1, 0.15) is 10.7 Å². The van der Waals surface area contributed by atoms with Gasteiger partial charge in [-0.25, -0.2) is 18.9 Å². The molecule has 2 aromatic heterocycles. The number of aromatic nitrogens is 4. The summed E-state index contributed by atoms with van der Waals surface area (Å²) < 4.78 is 21.0. The summed E-state index contributed by atoms with van der Waals surface area (Å²) in [7, 11) is 0. The Morgan fingerprint density at radius 1 is 1.26 bits per heavy atom. The monoisotopic (exact) mass is 463 g/mol. The van der Waals surface area contributed by atoms with Gasteiger partial charge in [0.25, 0.3) is 0 Å². The van der Waals surface area contributed by atoms with E-state index in [4.69, 9.17) is 27.9 Å². The molecular formula is C20H16Cl2FN5O3. The molecule has 0 aliphatic carbocycles. The zero-order valence-corrected chi connectivity index (χ0v) is 17.7. The SMILES string of the molecule is CCOC(=O)C(=CNc1ccc(Cn2ccnn2)cc1)C(=O)c1c(Cl)ncc(Cl)c1F. The minimum absolute atomic E-state index is 0.0183. The van der Waals surface area contributed by atoms with Crippen molar-refractivity contribution in [1.29, 1.82) is 0 Å². The number of ketones is 1. The molecule has 0 aliphatic heterocycles. The first-order valence-corrected chi connectivity index (χ1v) is 9.77. The summed E-state index contributed by atoms with van der Waals surface area (Å²) >= 11 is 11.6. The number of Topliss-reactive ketones (excluding diaryl/α,β-unsaturated/α-hetero) is 1. The van der Waals surface area contributed by atoms with Crippen LogP contribution < -0.4 is 5.32 Å². The Bertz CT molecular complexity index is 1120. The Labute approximate surface area is 186 Å². The summed E-state index contributed by atoms with van der Waals surface area (Å²) in [6.45, 7) is 2.13. The molecule has 8 nitrogen and oxygen atoms in total. The molecule has 0 atom stereocenters. The normalized spacial score (nSPS) is 11.3. The van der Waals surface area contributed by atoms with Crippen molar-refractivity contribution in [2.45, 2.75) is 13.5 Å². The summed E-state index contributed by atoms with van der Waals surface area (Å²) in [6.07, 6.45) is 5.42. The summed E-state index contributed by atoms with van der Waals surface area (Å²) in [6, 6.07) is 7.15. The van der Waals surface area contributed by atoms with Crippen LogP contribution in [-0.2, 0) is 16.1 Å². The van der Waals surface area contributed by atoms with Crippen molar-refractivity contribution in [1.82, 2.24) is 20.0 Å². The third-order valence-electron chi connectivity index (χ3n) is 4.05. The quantitative estimate of drug-likeness (QED) is 0.135. The Balaban J connectivity index is 1.84. The summed E-state index contributed by atoms with van der Waals surface area (Å²) in [4.78, 5) is 28.9. The lowest BCUT2D eigenvalue weighted by Crippen LogP contribution is -2.19. The molecule has 0 unspecified atom stereocenters. The molecule has 11 heteroatoms.